The van der Waals surface area contributed by atoms with Gasteiger partial charge in [0.2, 0.25) is 0 Å². The highest BCUT2D eigenvalue weighted by Gasteiger charge is 2.33. The van der Waals surface area contributed by atoms with E-state index in [-0.39, 0.29) is 12.0 Å². The number of benzene rings is 3. The van der Waals surface area contributed by atoms with E-state index in [1.165, 1.54) is 0 Å². The minimum Gasteiger partial charge on any atom is -0.497 e. The molecule has 3 aromatic rings. The number of rotatable bonds is 9. The second-order valence-electron chi connectivity index (χ2n) is 8.31. The van der Waals surface area contributed by atoms with Crippen molar-refractivity contribution < 1.29 is 14.3 Å². The Labute approximate surface area is 190 Å². The summed E-state index contributed by atoms with van der Waals surface area (Å²) in [5.41, 5.74) is 3.29. The van der Waals surface area contributed by atoms with Crippen molar-refractivity contribution in [3.63, 3.8) is 0 Å². The van der Waals surface area contributed by atoms with Gasteiger partial charge in [-0.1, -0.05) is 72.8 Å². The van der Waals surface area contributed by atoms with E-state index in [1.807, 2.05) is 81.4 Å². The molecule has 0 fully saturated rings. The molecule has 166 valence electrons. The Morgan fingerprint density at radius 3 is 1.88 bits per heavy atom. The molecule has 1 atom stereocenters. The quantitative estimate of drug-likeness (QED) is 0.298. The topological polar surface area (TPSA) is 47.9 Å². The van der Waals surface area contributed by atoms with E-state index >= 15 is 0 Å². The zero-order valence-corrected chi connectivity index (χ0v) is 19.2. The average molecular weight is 430 g/mol. The zero-order valence-electron chi connectivity index (χ0n) is 19.2. The maximum absolute atomic E-state index is 12.7. The van der Waals surface area contributed by atoms with Crippen molar-refractivity contribution in [3.8, 4) is 5.75 Å². The molecular weight excluding hydrogens is 398 g/mol. The lowest BCUT2D eigenvalue weighted by molar-refractivity contribution is -0.154. The van der Waals surface area contributed by atoms with Crippen molar-refractivity contribution in [2.75, 3.05) is 13.7 Å². The molecule has 0 aliphatic carbocycles. The smallest absolute Gasteiger partial charge is 0.311 e. The van der Waals surface area contributed by atoms with E-state index in [0.29, 0.717) is 13.0 Å². The van der Waals surface area contributed by atoms with Crippen molar-refractivity contribution >= 4 is 11.7 Å². The standard InChI is InChI=1S/C28H31NO3/c1-5-32-27(30)28(2,3)20-25(21-16-18-24(31-4)19-17-21)29-26(22-12-8-6-9-13-22)23-14-10-7-11-15-23/h6-19,25H,5,20H2,1-4H3. The fraction of sp³-hybridized carbons (Fsp3) is 0.286. The number of hydrogen-bond donors (Lipinski definition) is 0. The van der Waals surface area contributed by atoms with Crippen LogP contribution in [-0.4, -0.2) is 25.4 Å². The largest absolute Gasteiger partial charge is 0.497 e. The first-order valence-electron chi connectivity index (χ1n) is 10.9. The van der Waals surface area contributed by atoms with Gasteiger partial charge >= 0.3 is 5.97 Å². The van der Waals surface area contributed by atoms with Crippen LogP contribution in [0.5, 0.6) is 5.75 Å². The van der Waals surface area contributed by atoms with Gasteiger partial charge in [-0.25, -0.2) is 0 Å². The maximum Gasteiger partial charge on any atom is 0.311 e. The van der Waals surface area contributed by atoms with E-state index in [9.17, 15) is 4.79 Å². The van der Waals surface area contributed by atoms with Crippen LogP contribution >= 0.6 is 0 Å². The Hall–Kier alpha value is -3.40. The second kappa shape index (κ2) is 10.8. The van der Waals surface area contributed by atoms with E-state index < -0.39 is 5.41 Å². The third-order valence-corrected chi connectivity index (χ3v) is 5.41. The van der Waals surface area contributed by atoms with Crippen molar-refractivity contribution in [2.45, 2.75) is 33.2 Å². The van der Waals surface area contributed by atoms with Crippen LogP contribution in [0.3, 0.4) is 0 Å². The van der Waals surface area contributed by atoms with Gasteiger partial charge in [0.05, 0.1) is 30.9 Å². The highest BCUT2D eigenvalue weighted by molar-refractivity contribution is 6.13. The summed E-state index contributed by atoms with van der Waals surface area (Å²) in [5, 5.41) is 0. The fourth-order valence-corrected chi connectivity index (χ4v) is 3.62. The molecule has 0 aromatic heterocycles. The number of esters is 1. The third-order valence-electron chi connectivity index (χ3n) is 5.41. The molecule has 0 heterocycles. The Morgan fingerprint density at radius 2 is 1.41 bits per heavy atom. The van der Waals surface area contributed by atoms with Gasteiger partial charge in [-0.3, -0.25) is 9.79 Å². The monoisotopic (exact) mass is 429 g/mol. The summed E-state index contributed by atoms with van der Waals surface area (Å²) in [7, 11) is 1.65. The molecule has 0 aliphatic heterocycles. The molecule has 32 heavy (non-hydrogen) atoms. The maximum atomic E-state index is 12.7. The Kier molecular flexibility index (Phi) is 7.82. The van der Waals surface area contributed by atoms with Crippen molar-refractivity contribution in [1.29, 1.82) is 0 Å². The number of methoxy groups -OCH3 is 1. The molecule has 4 nitrogen and oxygen atoms in total. The van der Waals surface area contributed by atoms with Gasteiger partial charge in [0.25, 0.3) is 0 Å². The molecular formula is C28H31NO3. The van der Waals surface area contributed by atoms with Crippen LogP contribution in [0.1, 0.15) is 49.9 Å². The summed E-state index contributed by atoms with van der Waals surface area (Å²) in [4.78, 5) is 17.9. The predicted molar refractivity (Wildman–Crippen MR) is 129 cm³/mol. The molecule has 0 spiro atoms. The van der Waals surface area contributed by atoms with E-state index in [4.69, 9.17) is 14.5 Å². The molecule has 0 bridgehead atoms. The van der Waals surface area contributed by atoms with Gasteiger partial charge < -0.3 is 9.47 Å². The van der Waals surface area contributed by atoms with Crippen LogP contribution in [0, 0.1) is 5.41 Å². The Morgan fingerprint density at radius 1 is 0.875 bits per heavy atom. The summed E-state index contributed by atoms with van der Waals surface area (Å²) >= 11 is 0. The molecule has 0 N–H and O–H groups in total. The van der Waals surface area contributed by atoms with Crippen molar-refractivity contribution in [3.05, 3.63) is 102 Å². The first-order valence-corrected chi connectivity index (χ1v) is 10.9. The summed E-state index contributed by atoms with van der Waals surface area (Å²) in [6.45, 7) is 6.03. The summed E-state index contributed by atoms with van der Waals surface area (Å²) < 4.78 is 10.7. The number of nitrogens with zero attached hydrogens (tertiary/aromatic N) is 1. The number of carbonyl (C=O) groups excluding carboxylic acids is 1. The number of ether oxygens (including phenoxy) is 2. The van der Waals surface area contributed by atoms with Gasteiger partial charge in [0.1, 0.15) is 5.75 Å². The number of hydrogen-bond acceptors (Lipinski definition) is 4. The molecule has 1 unspecified atom stereocenters. The number of carbonyl (C=O) groups is 1. The van der Waals surface area contributed by atoms with Crippen LogP contribution in [0.15, 0.2) is 89.9 Å². The van der Waals surface area contributed by atoms with E-state index in [2.05, 4.69) is 24.3 Å². The molecule has 3 rings (SSSR count). The van der Waals surface area contributed by atoms with Crippen LogP contribution in [-0.2, 0) is 9.53 Å². The molecule has 0 aliphatic rings. The zero-order chi connectivity index (χ0) is 23.0. The summed E-state index contributed by atoms with van der Waals surface area (Å²) in [5.74, 6) is 0.571. The van der Waals surface area contributed by atoms with Crippen molar-refractivity contribution in [1.82, 2.24) is 0 Å². The van der Waals surface area contributed by atoms with E-state index in [0.717, 1.165) is 28.2 Å². The van der Waals surface area contributed by atoms with Gasteiger partial charge in [0, 0.05) is 11.1 Å². The second-order valence-corrected chi connectivity index (χ2v) is 8.31. The van der Waals surface area contributed by atoms with Crippen LogP contribution < -0.4 is 4.74 Å². The van der Waals surface area contributed by atoms with Crippen molar-refractivity contribution in [2.24, 2.45) is 10.4 Å². The van der Waals surface area contributed by atoms with E-state index in [1.54, 1.807) is 7.11 Å². The summed E-state index contributed by atoms with van der Waals surface area (Å²) in [6, 6.07) is 27.9. The normalized spacial score (nSPS) is 12.0. The predicted octanol–water partition coefficient (Wildman–Crippen LogP) is 6.25. The molecule has 0 saturated carbocycles. The fourth-order valence-electron chi connectivity index (χ4n) is 3.62. The molecule has 0 saturated heterocycles. The van der Waals surface area contributed by atoms with Gasteiger partial charge in [0.15, 0.2) is 0 Å². The van der Waals surface area contributed by atoms with Gasteiger partial charge in [-0.05, 0) is 44.9 Å². The van der Waals surface area contributed by atoms with Gasteiger partial charge in [-0.15, -0.1) is 0 Å². The highest BCUT2D eigenvalue weighted by Crippen LogP contribution is 2.35. The number of aliphatic imine (C=N–C) groups is 1. The lowest BCUT2D eigenvalue weighted by Crippen LogP contribution is -2.28. The molecule has 0 amide bonds. The first-order chi connectivity index (χ1) is 15.4. The lowest BCUT2D eigenvalue weighted by Gasteiger charge is -2.27. The third kappa shape index (κ3) is 5.85. The summed E-state index contributed by atoms with van der Waals surface area (Å²) in [6.07, 6.45) is 0.515. The minimum atomic E-state index is -0.692. The Balaban J connectivity index is 2.10. The van der Waals surface area contributed by atoms with Crippen LogP contribution in [0.4, 0.5) is 0 Å². The first kappa shape index (κ1) is 23.3. The van der Waals surface area contributed by atoms with Gasteiger partial charge in [-0.2, -0.15) is 0 Å². The van der Waals surface area contributed by atoms with Crippen LogP contribution in [0.2, 0.25) is 0 Å². The highest BCUT2D eigenvalue weighted by atomic mass is 16.5. The van der Waals surface area contributed by atoms with Crippen LogP contribution in [0.25, 0.3) is 0 Å². The Bertz CT molecular complexity index is 984. The molecule has 0 radical (unpaired) electrons. The molecule has 4 heteroatoms. The molecule has 3 aromatic carbocycles. The average Bonchev–Trinajstić information content (AvgIpc) is 2.83. The SMILES string of the molecule is CCOC(=O)C(C)(C)CC(N=C(c1ccccc1)c1ccccc1)c1ccc(OC)cc1. The minimum absolute atomic E-state index is 0.213. The lowest BCUT2D eigenvalue weighted by atomic mass is 9.83.